The van der Waals surface area contributed by atoms with Gasteiger partial charge in [-0.15, -0.1) is 0 Å². The van der Waals surface area contributed by atoms with E-state index >= 15 is 0 Å². The molecule has 0 unspecified atom stereocenters. The highest BCUT2D eigenvalue weighted by Crippen LogP contribution is 2.33. The van der Waals surface area contributed by atoms with Gasteiger partial charge in [-0.3, -0.25) is 9.59 Å². The predicted octanol–water partition coefficient (Wildman–Crippen LogP) is 3.24. The molecule has 0 fully saturated rings. The van der Waals surface area contributed by atoms with Crippen LogP contribution in [0, 0.1) is 13.8 Å². The SMILES string of the molecule is COC(=O)CCN(Cc1ccc2c(c1)OCO2)C(=O)c1ccc(C)c(C)c1. The molecular formula is C21H23NO5. The van der Waals surface area contributed by atoms with Gasteiger partial charge in [0.15, 0.2) is 11.5 Å². The summed E-state index contributed by atoms with van der Waals surface area (Å²) in [6.07, 6.45) is 0.137. The Morgan fingerprint density at radius 3 is 2.56 bits per heavy atom. The van der Waals surface area contributed by atoms with Crippen LogP contribution in [0.1, 0.15) is 33.5 Å². The van der Waals surface area contributed by atoms with Gasteiger partial charge in [-0.2, -0.15) is 0 Å². The molecule has 0 saturated heterocycles. The minimum Gasteiger partial charge on any atom is -0.469 e. The third kappa shape index (κ3) is 4.39. The molecular weight excluding hydrogens is 346 g/mol. The zero-order valence-corrected chi connectivity index (χ0v) is 15.8. The summed E-state index contributed by atoms with van der Waals surface area (Å²) in [5.74, 6) is 0.887. The lowest BCUT2D eigenvalue weighted by molar-refractivity contribution is -0.140. The molecule has 6 heteroatoms. The van der Waals surface area contributed by atoms with E-state index in [1.165, 1.54) is 7.11 Å². The van der Waals surface area contributed by atoms with Crippen molar-refractivity contribution in [2.75, 3.05) is 20.4 Å². The first kappa shape index (κ1) is 18.8. The molecule has 0 saturated carbocycles. The van der Waals surface area contributed by atoms with Gasteiger partial charge in [-0.05, 0) is 54.8 Å². The van der Waals surface area contributed by atoms with E-state index in [-0.39, 0.29) is 31.6 Å². The molecule has 27 heavy (non-hydrogen) atoms. The summed E-state index contributed by atoms with van der Waals surface area (Å²) < 4.78 is 15.5. The largest absolute Gasteiger partial charge is 0.469 e. The highest BCUT2D eigenvalue weighted by Gasteiger charge is 2.20. The van der Waals surface area contributed by atoms with Crippen LogP contribution in [0.5, 0.6) is 11.5 Å². The van der Waals surface area contributed by atoms with Gasteiger partial charge in [0.1, 0.15) is 0 Å². The minimum atomic E-state index is -0.349. The fourth-order valence-corrected chi connectivity index (χ4v) is 2.90. The molecule has 0 aromatic heterocycles. The molecule has 0 spiro atoms. The maximum absolute atomic E-state index is 13.1. The second-order valence-corrected chi connectivity index (χ2v) is 6.54. The number of methoxy groups -OCH3 is 1. The Kier molecular flexibility index (Phi) is 5.64. The number of benzene rings is 2. The van der Waals surface area contributed by atoms with Crippen LogP contribution in [0.15, 0.2) is 36.4 Å². The molecule has 6 nitrogen and oxygen atoms in total. The Hall–Kier alpha value is -3.02. The van der Waals surface area contributed by atoms with Crippen molar-refractivity contribution < 1.29 is 23.8 Å². The zero-order valence-electron chi connectivity index (χ0n) is 15.8. The number of hydrogen-bond donors (Lipinski definition) is 0. The number of aryl methyl sites for hydroxylation is 2. The van der Waals surface area contributed by atoms with Crippen molar-refractivity contribution >= 4 is 11.9 Å². The lowest BCUT2D eigenvalue weighted by atomic mass is 10.0. The summed E-state index contributed by atoms with van der Waals surface area (Å²) in [5.41, 5.74) is 3.69. The van der Waals surface area contributed by atoms with Crippen molar-refractivity contribution in [3.8, 4) is 11.5 Å². The number of hydrogen-bond acceptors (Lipinski definition) is 5. The van der Waals surface area contributed by atoms with Crippen LogP contribution in [-0.4, -0.2) is 37.2 Å². The standard InChI is InChI=1S/C21H23NO5/c1-14-4-6-17(10-15(14)2)21(24)22(9-8-20(23)25-3)12-16-5-7-18-19(11-16)27-13-26-18/h4-7,10-11H,8-9,12-13H2,1-3H3. The lowest BCUT2D eigenvalue weighted by Crippen LogP contribution is -2.32. The van der Waals surface area contributed by atoms with Crippen LogP contribution in [0.4, 0.5) is 0 Å². The van der Waals surface area contributed by atoms with Crippen LogP contribution in [0.3, 0.4) is 0 Å². The Morgan fingerprint density at radius 2 is 1.81 bits per heavy atom. The van der Waals surface area contributed by atoms with E-state index in [0.717, 1.165) is 16.7 Å². The van der Waals surface area contributed by atoms with E-state index in [2.05, 4.69) is 0 Å². The second-order valence-electron chi connectivity index (χ2n) is 6.54. The average Bonchev–Trinajstić information content (AvgIpc) is 3.14. The van der Waals surface area contributed by atoms with Crippen LogP contribution in [-0.2, 0) is 16.1 Å². The molecule has 0 aliphatic carbocycles. The van der Waals surface area contributed by atoms with Crippen molar-refractivity contribution in [1.29, 1.82) is 0 Å². The third-order valence-corrected chi connectivity index (χ3v) is 4.67. The number of esters is 1. The van der Waals surface area contributed by atoms with Crippen LogP contribution in [0.2, 0.25) is 0 Å². The molecule has 1 aliphatic rings. The van der Waals surface area contributed by atoms with E-state index in [9.17, 15) is 9.59 Å². The summed E-state index contributed by atoms with van der Waals surface area (Å²) in [6, 6.07) is 11.2. The monoisotopic (exact) mass is 369 g/mol. The molecule has 1 aliphatic heterocycles. The van der Waals surface area contributed by atoms with E-state index in [0.29, 0.717) is 23.6 Å². The smallest absolute Gasteiger partial charge is 0.307 e. The summed E-state index contributed by atoms with van der Waals surface area (Å²) >= 11 is 0. The molecule has 2 aromatic carbocycles. The number of ether oxygens (including phenoxy) is 3. The Labute approximate surface area is 158 Å². The van der Waals surface area contributed by atoms with Gasteiger partial charge in [0.2, 0.25) is 6.79 Å². The number of nitrogens with zero attached hydrogens (tertiary/aromatic N) is 1. The quantitative estimate of drug-likeness (QED) is 0.732. The summed E-state index contributed by atoms with van der Waals surface area (Å²) in [6.45, 7) is 4.81. The summed E-state index contributed by atoms with van der Waals surface area (Å²) in [5, 5.41) is 0. The number of amides is 1. The van der Waals surface area contributed by atoms with Gasteiger partial charge in [0.05, 0.1) is 13.5 Å². The van der Waals surface area contributed by atoms with Gasteiger partial charge in [-0.1, -0.05) is 12.1 Å². The van der Waals surface area contributed by atoms with Crippen LogP contribution < -0.4 is 9.47 Å². The summed E-state index contributed by atoms with van der Waals surface area (Å²) in [7, 11) is 1.34. The first-order valence-electron chi connectivity index (χ1n) is 8.80. The third-order valence-electron chi connectivity index (χ3n) is 4.67. The van der Waals surface area contributed by atoms with Gasteiger partial charge in [0.25, 0.3) is 5.91 Å². The van der Waals surface area contributed by atoms with E-state index < -0.39 is 0 Å². The molecule has 2 aromatic rings. The Morgan fingerprint density at radius 1 is 1.04 bits per heavy atom. The summed E-state index contributed by atoms with van der Waals surface area (Å²) in [4.78, 5) is 26.3. The number of carbonyl (C=O) groups excluding carboxylic acids is 2. The Balaban J connectivity index is 1.82. The van der Waals surface area contributed by atoms with Gasteiger partial charge >= 0.3 is 5.97 Å². The molecule has 0 N–H and O–H groups in total. The topological polar surface area (TPSA) is 65.1 Å². The fraction of sp³-hybridized carbons (Fsp3) is 0.333. The molecule has 0 radical (unpaired) electrons. The van der Waals surface area contributed by atoms with Crippen molar-refractivity contribution in [3.63, 3.8) is 0 Å². The van der Waals surface area contributed by atoms with E-state index in [1.54, 1.807) is 4.90 Å². The minimum absolute atomic E-state index is 0.125. The second kappa shape index (κ2) is 8.12. The maximum Gasteiger partial charge on any atom is 0.307 e. The molecule has 142 valence electrons. The molecule has 0 atom stereocenters. The Bertz CT molecular complexity index is 862. The normalized spacial score (nSPS) is 12.0. The highest BCUT2D eigenvalue weighted by atomic mass is 16.7. The van der Waals surface area contributed by atoms with Crippen molar-refractivity contribution in [1.82, 2.24) is 4.90 Å². The van der Waals surface area contributed by atoms with Gasteiger partial charge < -0.3 is 19.1 Å². The zero-order chi connectivity index (χ0) is 19.4. The number of fused-ring (bicyclic) bond motifs is 1. The van der Waals surface area contributed by atoms with E-state index in [1.807, 2.05) is 50.2 Å². The van der Waals surface area contributed by atoms with Crippen LogP contribution >= 0.6 is 0 Å². The lowest BCUT2D eigenvalue weighted by Gasteiger charge is -2.23. The molecule has 1 amide bonds. The van der Waals surface area contributed by atoms with Gasteiger partial charge in [0, 0.05) is 18.7 Å². The molecule has 0 bridgehead atoms. The first-order valence-corrected chi connectivity index (χ1v) is 8.80. The van der Waals surface area contributed by atoms with Crippen molar-refractivity contribution in [2.24, 2.45) is 0 Å². The maximum atomic E-state index is 13.1. The number of carbonyl (C=O) groups is 2. The van der Waals surface area contributed by atoms with Gasteiger partial charge in [-0.25, -0.2) is 0 Å². The predicted molar refractivity (Wildman–Crippen MR) is 99.9 cm³/mol. The number of rotatable bonds is 6. The molecule has 1 heterocycles. The highest BCUT2D eigenvalue weighted by molar-refractivity contribution is 5.94. The first-order chi connectivity index (χ1) is 13.0. The van der Waals surface area contributed by atoms with Crippen molar-refractivity contribution in [3.05, 3.63) is 58.7 Å². The average molecular weight is 369 g/mol. The van der Waals surface area contributed by atoms with Crippen LogP contribution in [0.25, 0.3) is 0 Å². The molecule has 3 rings (SSSR count). The van der Waals surface area contributed by atoms with E-state index in [4.69, 9.17) is 14.2 Å². The fourth-order valence-electron chi connectivity index (χ4n) is 2.90. The van der Waals surface area contributed by atoms with Crippen molar-refractivity contribution in [2.45, 2.75) is 26.8 Å².